The number of carbonyl (C=O) groups excluding carboxylic acids is 4. The number of esters is 1. The molecule has 0 radical (unpaired) electrons. The maximum absolute atomic E-state index is 14.4. The highest BCUT2D eigenvalue weighted by molar-refractivity contribution is 6.00. The Kier molecular flexibility index (Phi) is 13.0. The Morgan fingerprint density at radius 1 is 1.06 bits per heavy atom. The zero-order valence-electron chi connectivity index (χ0n) is 32.9. The van der Waals surface area contributed by atoms with Crippen LogP contribution in [0, 0.1) is 23.7 Å². The summed E-state index contributed by atoms with van der Waals surface area (Å²) in [4.78, 5) is 59.7. The first-order valence-corrected chi connectivity index (χ1v) is 19.1. The van der Waals surface area contributed by atoms with Gasteiger partial charge in [0.15, 0.2) is 17.7 Å². The minimum atomic E-state index is -1.38. The quantitative estimate of drug-likeness (QED) is 0.250. The molecule has 0 bridgehead atoms. The number of carbonyl (C=O) groups is 4. The van der Waals surface area contributed by atoms with E-state index in [1.165, 1.54) is 6.92 Å². The third-order valence-electron chi connectivity index (χ3n) is 11.6. The average molecular weight is 752 g/mol. The molecular weight excluding hydrogens is 694 g/mol. The maximum atomic E-state index is 14.4. The summed E-state index contributed by atoms with van der Waals surface area (Å²) in [5.74, 6) is -5.12. The Bertz CT molecular complexity index is 1720. The number of nitrogens with zero attached hydrogens (tertiary/aromatic N) is 1. The van der Waals surface area contributed by atoms with Crippen LogP contribution in [0.2, 0.25) is 0 Å². The van der Waals surface area contributed by atoms with E-state index in [0.717, 1.165) is 16.5 Å². The molecule has 1 aromatic heterocycles. The van der Waals surface area contributed by atoms with Gasteiger partial charge in [-0.25, -0.2) is 4.79 Å². The van der Waals surface area contributed by atoms with E-state index < -0.39 is 83.4 Å². The third-order valence-corrected chi connectivity index (χ3v) is 11.6. The van der Waals surface area contributed by atoms with Crippen molar-refractivity contribution in [2.75, 3.05) is 13.7 Å². The summed E-state index contributed by atoms with van der Waals surface area (Å²) in [6, 6.07) is 8.64. The Hall–Kier alpha value is -3.75. The standard InChI is InChI=1S/C41H57N3O10/c1-10-31-41(8)35(44-39(49)54-41)24(4)32(45)22(2)20-40(7,50-17-13-14-27-19-28-15-11-12-16-29(28)43-21-27)36(25(5)33(46)26(6)37(48)52-31)53-38-34(47)30(42-9)18-23(3)51-38/h11-16,19,21-26,30-31,34-36,38,42,47H,10,17-18,20H2,1-9H3,(H,44,49)/b14-13+/t22-,23-,24-,25+,26-,30+,31+,34-,35-,36-,38?,40+,41-/m1/s1. The van der Waals surface area contributed by atoms with Crippen LogP contribution in [-0.2, 0) is 38.1 Å². The minimum absolute atomic E-state index is 0.0601. The summed E-state index contributed by atoms with van der Waals surface area (Å²) < 4.78 is 31.2. The van der Waals surface area contributed by atoms with E-state index >= 15 is 0 Å². The number of aliphatic hydroxyl groups is 1. The lowest BCUT2D eigenvalue weighted by Crippen LogP contribution is -2.60. The lowest BCUT2D eigenvalue weighted by molar-refractivity contribution is -0.291. The van der Waals surface area contributed by atoms with E-state index in [9.17, 15) is 24.3 Å². The predicted molar refractivity (Wildman–Crippen MR) is 201 cm³/mol. The molecule has 1 amide bonds. The number of ether oxygens (including phenoxy) is 5. The zero-order valence-corrected chi connectivity index (χ0v) is 32.9. The fraction of sp³-hybridized carbons (Fsp3) is 0.634. The van der Waals surface area contributed by atoms with Crippen molar-refractivity contribution in [3.8, 4) is 0 Å². The number of amides is 1. The summed E-state index contributed by atoms with van der Waals surface area (Å²) in [6.45, 7) is 13.8. The summed E-state index contributed by atoms with van der Waals surface area (Å²) >= 11 is 0. The number of fused-ring (bicyclic) bond motifs is 2. The second-order valence-electron chi connectivity index (χ2n) is 15.7. The molecule has 2 aromatic rings. The number of rotatable bonds is 8. The molecule has 3 fully saturated rings. The summed E-state index contributed by atoms with van der Waals surface area (Å²) in [7, 11) is 1.75. The molecule has 13 heteroatoms. The van der Waals surface area contributed by atoms with Crippen molar-refractivity contribution in [3.05, 3.63) is 48.2 Å². The number of pyridine rings is 1. The van der Waals surface area contributed by atoms with Crippen LogP contribution >= 0.6 is 0 Å². The highest BCUT2D eigenvalue weighted by Crippen LogP contribution is 2.40. The van der Waals surface area contributed by atoms with Gasteiger partial charge in [-0.3, -0.25) is 19.4 Å². The zero-order chi connectivity index (χ0) is 39.5. The number of likely N-dealkylation sites (N-methyl/N-ethyl adjacent to an activating group) is 1. The number of aliphatic hydroxyl groups excluding tert-OH is 1. The van der Waals surface area contributed by atoms with Crippen LogP contribution in [0.5, 0.6) is 0 Å². The molecule has 4 heterocycles. The molecule has 0 spiro atoms. The number of para-hydroxylation sites is 1. The molecule has 13 atom stereocenters. The van der Waals surface area contributed by atoms with Crippen molar-refractivity contribution < 1.29 is 48.0 Å². The van der Waals surface area contributed by atoms with Crippen molar-refractivity contribution in [1.82, 2.24) is 15.6 Å². The highest BCUT2D eigenvalue weighted by Gasteiger charge is 2.57. The Morgan fingerprint density at radius 3 is 2.48 bits per heavy atom. The van der Waals surface area contributed by atoms with Crippen LogP contribution in [0.25, 0.3) is 17.0 Å². The molecule has 0 aliphatic carbocycles. The van der Waals surface area contributed by atoms with Crippen LogP contribution in [0.15, 0.2) is 42.6 Å². The largest absolute Gasteiger partial charge is 0.458 e. The molecule has 1 aromatic carbocycles. The first-order valence-electron chi connectivity index (χ1n) is 19.1. The number of benzene rings is 1. The van der Waals surface area contributed by atoms with Crippen molar-refractivity contribution >= 4 is 40.6 Å². The van der Waals surface area contributed by atoms with Gasteiger partial charge in [-0.15, -0.1) is 0 Å². The van der Waals surface area contributed by atoms with E-state index in [1.807, 2.05) is 49.4 Å². The molecule has 0 saturated carbocycles. The number of ketones is 2. The van der Waals surface area contributed by atoms with Crippen molar-refractivity contribution in [2.24, 2.45) is 23.7 Å². The SMILES string of the molecule is CC[C@@H]1OC(=O)[C@H](C)C(=O)[C@H](C)[C@@H](OC2O[C@H](C)C[C@H](NC)[C@H]2O)[C@@](C)(OC/C=C/c2cnc3ccccc3c2)C[C@@H](C)C(=O)[C@@H](C)[C@H]2NC(=O)O[C@]12C. The van der Waals surface area contributed by atoms with Crippen LogP contribution < -0.4 is 10.6 Å². The van der Waals surface area contributed by atoms with E-state index in [-0.39, 0.29) is 37.4 Å². The lowest BCUT2D eigenvalue weighted by atomic mass is 9.73. The van der Waals surface area contributed by atoms with Crippen molar-refractivity contribution in [2.45, 2.75) is 129 Å². The van der Waals surface area contributed by atoms with E-state index in [1.54, 1.807) is 54.8 Å². The summed E-state index contributed by atoms with van der Waals surface area (Å²) in [5.41, 5.74) is -1.00. The average Bonchev–Trinajstić information content (AvgIpc) is 3.47. The first kappa shape index (κ1) is 41.4. The summed E-state index contributed by atoms with van der Waals surface area (Å²) in [6.07, 6.45) is 1.06. The summed E-state index contributed by atoms with van der Waals surface area (Å²) in [5, 5.41) is 18.3. The van der Waals surface area contributed by atoms with Crippen molar-refractivity contribution in [1.29, 1.82) is 0 Å². The smallest absolute Gasteiger partial charge is 0.408 e. The Balaban J connectivity index is 1.55. The number of Topliss-reactive ketones (excluding diaryl/α,β-unsaturated/α-hetero) is 2. The van der Waals surface area contributed by atoms with Crippen molar-refractivity contribution in [3.63, 3.8) is 0 Å². The number of nitrogens with one attached hydrogen (secondary N) is 2. The molecule has 5 rings (SSSR count). The monoisotopic (exact) mass is 751 g/mol. The van der Waals surface area contributed by atoms with Gasteiger partial charge in [-0.2, -0.15) is 0 Å². The maximum Gasteiger partial charge on any atom is 0.408 e. The molecule has 54 heavy (non-hydrogen) atoms. The third kappa shape index (κ3) is 8.55. The number of aromatic nitrogens is 1. The lowest BCUT2D eigenvalue weighted by Gasteiger charge is -2.46. The molecule has 1 unspecified atom stereocenters. The fourth-order valence-corrected chi connectivity index (χ4v) is 8.53. The number of hydrogen-bond acceptors (Lipinski definition) is 12. The Labute approximate surface area is 317 Å². The van der Waals surface area contributed by atoms with Gasteiger partial charge >= 0.3 is 12.1 Å². The minimum Gasteiger partial charge on any atom is -0.458 e. The highest BCUT2D eigenvalue weighted by atomic mass is 16.7. The number of hydrogen-bond donors (Lipinski definition) is 3. The van der Waals surface area contributed by atoms with Gasteiger partial charge in [0.05, 0.1) is 36.0 Å². The molecule has 13 nitrogen and oxygen atoms in total. The topological polar surface area (TPSA) is 172 Å². The van der Waals surface area contributed by atoms with Gasteiger partial charge in [0.2, 0.25) is 0 Å². The van der Waals surface area contributed by atoms with Gasteiger partial charge < -0.3 is 39.4 Å². The van der Waals surface area contributed by atoms with E-state index in [2.05, 4.69) is 15.6 Å². The van der Waals surface area contributed by atoms with Crippen LogP contribution in [-0.4, -0.2) is 101 Å². The van der Waals surface area contributed by atoms with Crippen LogP contribution in [0.3, 0.4) is 0 Å². The normalized spacial score (nSPS) is 38.4. The molecule has 3 aliphatic heterocycles. The molecule has 296 valence electrons. The van der Waals surface area contributed by atoms with E-state index in [4.69, 9.17) is 23.7 Å². The van der Waals surface area contributed by atoms with Gasteiger partial charge in [0.1, 0.15) is 23.9 Å². The van der Waals surface area contributed by atoms with Gasteiger partial charge in [0, 0.05) is 35.4 Å². The van der Waals surface area contributed by atoms with Gasteiger partial charge in [-0.05, 0) is 71.7 Å². The second-order valence-corrected chi connectivity index (χ2v) is 15.7. The van der Waals surface area contributed by atoms with E-state index in [0.29, 0.717) is 6.42 Å². The fourth-order valence-electron chi connectivity index (χ4n) is 8.53. The van der Waals surface area contributed by atoms with Gasteiger partial charge in [-0.1, -0.05) is 58.0 Å². The number of alkyl carbamates (subject to hydrolysis) is 1. The number of cyclic esters (lactones) is 1. The molecular formula is C41H57N3O10. The molecule has 3 N–H and O–H groups in total. The van der Waals surface area contributed by atoms with Gasteiger partial charge in [0.25, 0.3) is 0 Å². The molecule has 3 aliphatic rings. The predicted octanol–water partition coefficient (Wildman–Crippen LogP) is 4.77. The van der Waals surface area contributed by atoms with Crippen LogP contribution in [0.1, 0.15) is 80.2 Å². The second kappa shape index (κ2) is 16.9. The Morgan fingerprint density at radius 2 is 1.78 bits per heavy atom. The van der Waals surface area contributed by atoms with Crippen LogP contribution in [0.4, 0.5) is 4.79 Å². The first-order chi connectivity index (χ1) is 25.5. The molecule has 3 saturated heterocycles.